The van der Waals surface area contributed by atoms with Crippen LogP contribution < -0.4 is 14.9 Å². The number of hydrogen-bond donors (Lipinski definition) is 0. The molecule has 1 unspecified atom stereocenters. The highest BCUT2D eigenvalue weighted by Gasteiger charge is 2.43. The highest BCUT2D eigenvalue weighted by Crippen LogP contribution is 2.42. The zero-order valence-corrected chi connectivity index (χ0v) is 22.9. The minimum absolute atomic E-state index is 0.0589. The van der Waals surface area contributed by atoms with Gasteiger partial charge in [-0.2, -0.15) is 0 Å². The van der Waals surface area contributed by atoms with Gasteiger partial charge in [0.25, 0.3) is 5.91 Å². The molecule has 0 radical (unpaired) electrons. The monoisotopic (exact) mass is 531 g/mol. The van der Waals surface area contributed by atoms with E-state index in [-0.39, 0.29) is 23.6 Å². The van der Waals surface area contributed by atoms with Crippen molar-refractivity contribution in [1.29, 1.82) is 0 Å². The van der Waals surface area contributed by atoms with Gasteiger partial charge in [-0.3, -0.25) is 9.59 Å². The molecule has 0 saturated carbocycles. The molecule has 0 fully saturated rings. The molecule has 0 bridgehead atoms. The Hall–Kier alpha value is -3.77. The summed E-state index contributed by atoms with van der Waals surface area (Å²) < 4.78 is 17.8. The molecular weight excluding hydrogens is 502 g/mol. The zero-order valence-electron chi connectivity index (χ0n) is 22.1. The van der Waals surface area contributed by atoms with E-state index in [1.165, 1.54) is 0 Å². The van der Waals surface area contributed by atoms with E-state index in [1.807, 2.05) is 56.3 Å². The summed E-state index contributed by atoms with van der Waals surface area (Å²) in [6, 6.07) is 15.9. The number of rotatable bonds is 7. The van der Waals surface area contributed by atoms with Crippen LogP contribution in [-0.4, -0.2) is 24.5 Å². The van der Waals surface area contributed by atoms with Crippen LogP contribution in [0.1, 0.15) is 58.3 Å². The smallest absolute Gasteiger partial charge is 0.291 e. The van der Waals surface area contributed by atoms with Crippen LogP contribution in [0.2, 0.25) is 5.02 Å². The minimum Gasteiger partial charge on any atom is -0.493 e. The Labute approximate surface area is 226 Å². The maximum absolute atomic E-state index is 14.0. The van der Waals surface area contributed by atoms with E-state index in [0.717, 1.165) is 16.7 Å². The average molecular weight is 532 g/mol. The van der Waals surface area contributed by atoms with Crippen molar-refractivity contribution in [2.75, 3.05) is 13.7 Å². The predicted molar refractivity (Wildman–Crippen MR) is 148 cm³/mol. The summed E-state index contributed by atoms with van der Waals surface area (Å²) in [5, 5.41) is 1.02. The summed E-state index contributed by atoms with van der Waals surface area (Å²) in [5.74, 6) is 1.17. The number of carbonyl (C=O) groups is 1. The Morgan fingerprint density at radius 3 is 2.50 bits per heavy atom. The molecule has 3 aromatic carbocycles. The van der Waals surface area contributed by atoms with E-state index < -0.39 is 6.04 Å². The van der Waals surface area contributed by atoms with Crippen molar-refractivity contribution in [2.45, 2.75) is 40.3 Å². The van der Waals surface area contributed by atoms with E-state index in [2.05, 4.69) is 13.8 Å². The van der Waals surface area contributed by atoms with Crippen molar-refractivity contribution >= 4 is 28.5 Å². The lowest BCUT2D eigenvalue weighted by molar-refractivity contribution is 0.0714. The molecule has 0 spiro atoms. The Morgan fingerprint density at radius 2 is 1.79 bits per heavy atom. The first-order chi connectivity index (χ1) is 18.2. The average Bonchev–Trinajstić information content (AvgIpc) is 3.15. The number of methoxy groups -OCH3 is 1. The third kappa shape index (κ3) is 4.54. The van der Waals surface area contributed by atoms with Crippen LogP contribution in [0.3, 0.4) is 0 Å². The second kappa shape index (κ2) is 10.2. The van der Waals surface area contributed by atoms with Gasteiger partial charge >= 0.3 is 0 Å². The van der Waals surface area contributed by atoms with Crippen molar-refractivity contribution < 1.29 is 18.7 Å². The summed E-state index contributed by atoms with van der Waals surface area (Å²) in [6.07, 6.45) is 0. The molecule has 1 atom stereocenters. The molecule has 1 aromatic heterocycles. The topological polar surface area (TPSA) is 69.0 Å². The SMILES string of the molecule is COc1cc(C2c3c(oc4cc(C)cc(C)c4c3=O)C(=O)N2Cc2ccccc2Cl)ccc1OCC(C)C. The Bertz CT molecular complexity index is 1610. The first kappa shape index (κ1) is 25.9. The molecule has 5 rings (SSSR count). The van der Waals surface area contributed by atoms with Gasteiger partial charge in [0.05, 0.1) is 30.7 Å². The summed E-state index contributed by atoms with van der Waals surface area (Å²) in [6.45, 7) is 8.70. The first-order valence-electron chi connectivity index (χ1n) is 12.6. The highest BCUT2D eigenvalue weighted by molar-refractivity contribution is 6.31. The summed E-state index contributed by atoms with van der Waals surface area (Å²) in [4.78, 5) is 29.5. The van der Waals surface area contributed by atoms with Gasteiger partial charge in [-0.05, 0) is 66.3 Å². The maximum atomic E-state index is 14.0. The number of aryl methyl sites for hydroxylation is 2. The fourth-order valence-electron chi connectivity index (χ4n) is 5.06. The van der Waals surface area contributed by atoms with Crippen LogP contribution in [0.25, 0.3) is 11.0 Å². The second-order valence-electron chi connectivity index (χ2n) is 10.2. The molecule has 1 aliphatic rings. The zero-order chi connectivity index (χ0) is 27.1. The molecule has 196 valence electrons. The van der Waals surface area contributed by atoms with E-state index in [1.54, 1.807) is 24.1 Å². The van der Waals surface area contributed by atoms with Crippen LogP contribution in [0, 0.1) is 19.8 Å². The molecule has 38 heavy (non-hydrogen) atoms. The molecule has 7 heteroatoms. The lowest BCUT2D eigenvalue weighted by Crippen LogP contribution is -2.29. The van der Waals surface area contributed by atoms with Gasteiger partial charge in [-0.1, -0.05) is 55.8 Å². The maximum Gasteiger partial charge on any atom is 0.291 e. The largest absolute Gasteiger partial charge is 0.493 e. The van der Waals surface area contributed by atoms with Gasteiger partial charge in [0, 0.05) is 11.6 Å². The Morgan fingerprint density at radius 1 is 1.03 bits per heavy atom. The number of fused-ring (bicyclic) bond motifs is 2. The molecule has 0 saturated heterocycles. The van der Waals surface area contributed by atoms with Crippen LogP contribution in [-0.2, 0) is 6.54 Å². The van der Waals surface area contributed by atoms with Crippen molar-refractivity contribution in [1.82, 2.24) is 4.90 Å². The number of ether oxygens (including phenoxy) is 2. The standard InChI is InChI=1S/C31H30ClNO5/c1-17(2)16-37-23-11-10-20(14-24(23)36-5)28-27-29(34)26-19(4)12-18(3)13-25(26)38-30(27)31(35)33(28)15-21-8-6-7-9-22(21)32/h6-14,17,28H,15-16H2,1-5H3. The van der Waals surface area contributed by atoms with E-state index in [0.29, 0.717) is 51.1 Å². The van der Waals surface area contributed by atoms with Gasteiger partial charge in [-0.25, -0.2) is 0 Å². The Kier molecular flexibility index (Phi) is 6.93. The third-order valence-corrected chi connectivity index (χ3v) is 7.16. The van der Waals surface area contributed by atoms with Gasteiger partial charge in [0.15, 0.2) is 16.9 Å². The number of amides is 1. The lowest BCUT2D eigenvalue weighted by Gasteiger charge is -2.26. The van der Waals surface area contributed by atoms with Crippen LogP contribution in [0.4, 0.5) is 0 Å². The number of nitrogens with zero attached hydrogens (tertiary/aromatic N) is 1. The normalized spacial score (nSPS) is 14.9. The van der Waals surface area contributed by atoms with Crippen molar-refractivity contribution in [2.24, 2.45) is 5.92 Å². The van der Waals surface area contributed by atoms with Crippen molar-refractivity contribution in [3.05, 3.63) is 103 Å². The van der Waals surface area contributed by atoms with Crippen LogP contribution >= 0.6 is 11.6 Å². The van der Waals surface area contributed by atoms with E-state index in [4.69, 9.17) is 25.5 Å². The van der Waals surface area contributed by atoms with Crippen LogP contribution in [0.5, 0.6) is 11.5 Å². The van der Waals surface area contributed by atoms with Gasteiger partial charge < -0.3 is 18.8 Å². The molecule has 0 aliphatic carbocycles. The van der Waals surface area contributed by atoms with Crippen LogP contribution in [0.15, 0.2) is 63.8 Å². The first-order valence-corrected chi connectivity index (χ1v) is 13.0. The molecular formula is C31H30ClNO5. The minimum atomic E-state index is -0.692. The molecule has 1 aliphatic heterocycles. The van der Waals surface area contributed by atoms with E-state index in [9.17, 15) is 9.59 Å². The highest BCUT2D eigenvalue weighted by atomic mass is 35.5. The molecule has 2 heterocycles. The third-order valence-electron chi connectivity index (χ3n) is 6.79. The van der Waals surface area contributed by atoms with Crippen molar-refractivity contribution in [3.8, 4) is 11.5 Å². The molecule has 6 nitrogen and oxygen atoms in total. The summed E-state index contributed by atoms with van der Waals surface area (Å²) >= 11 is 6.48. The van der Waals surface area contributed by atoms with Gasteiger partial charge in [-0.15, -0.1) is 0 Å². The Balaban J connectivity index is 1.71. The van der Waals surface area contributed by atoms with Crippen molar-refractivity contribution in [3.63, 3.8) is 0 Å². The number of halogens is 1. The summed E-state index contributed by atoms with van der Waals surface area (Å²) in [5.41, 5.74) is 3.77. The predicted octanol–water partition coefficient (Wildman–Crippen LogP) is 6.85. The second-order valence-corrected chi connectivity index (χ2v) is 10.6. The van der Waals surface area contributed by atoms with Gasteiger partial charge in [0.1, 0.15) is 5.58 Å². The summed E-state index contributed by atoms with van der Waals surface area (Å²) in [7, 11) is 1.57. The molecule has 0 N–H and O–H groups in total. The lowest BCUT2D eigenvalue weighted by atomic mass is 9.96. The number of hydrogen-bond acceptors (Lipinski definition) is 5. The molecule has 1 amide bonds. The van der Waals surface area contributed by atoms with Gasteiger partial charge in [0.2, 0.25) is 5.76 Å². The number of carbonyl (C=O) groups excluding carboxylic acids is 1. The molecule has 4 aromatic rings. The fraction of sp³-hybridized carbons (Fsp3) is 0.290. The quantitative estimate of drug-likeness (QED) is 0.261. The van der Waals surface area contributed by atoms with E-state index >= 15 is 0 Å². The number of benzene rings is 3. The fourth-order valence-corrected chi connectivity index (χ4v) is 5.26.